The highest BCUT2D eigenvalue weighted by molar-refractivity contribution is 7.92. The van der Waals surface area contributed by atoms with Crippen LogP contribution in [-0.4, -0.2) is 34.0 Å². The molecule has 0 aliphatic carbocycles. The number of hydrogen-bond donors (Lipinski definition) is 3. The number of nitrogens with two attached hydrogens (primary N) is 1. The van der Waals surface area contributed by atoms with Crippen LogP contribution in [0.2, 0.25) is 0 Å². The Kier molecular flexibility index (Phi) is 8.55. The molecule has 0 fully saturated rings. The largest absolute Gasteiger partial charge is 0.495 e. The number of para-hydroxylation sites is 2. The second kappa shape index (κ2) is 10.1. The van der Waals surface area contributed by atoms with Crippen molar-refractivity contribution < 1.29 is 17.9 Å². The van der Waals surface area contributed by atoms with Gasteiger partial charge in [-0.15, -0.1) is 12.4 Å². The Morgan fingerprint density at radius 1 is 1.19 bits per heavy atom. The predicted molar refractivity (Wildman–Crippen MR) is 108 cm³/mol. The average molecular weight is 414 g/mol. The molecule has 0 saturated carbocycles. The molecule has 1 amide bonds. The minimum Gasteiger partial charge on any atom is -0.495 e. The van der Waals surface area contributed by atoms with Crippen LogP contribution in [-0.2, 0) is 10.0 Å². The SMILES string of the molecule is COc1ccccc1NS(=O)(=O)c1cccc(C(=O)NCCC(C)N)c1.Cl. The number of methoxy groups -OCH3 is 1. The van der Waals surface area contributed by atoms with Gasteiger partial charge in [-0.05, 0) is 43.7 Å². The first-order valence-corrected chi connectivity index (χ1v) is 9.61. The summed E-state index contributed by atoms with van der Waals surface area (Å²) in [6, 6.07) is 12.5. The van der Waals surface area contributed by atoms with Crippen LogP contribution in [0.1, 0.15) is 23.7 Å². The van der Waals surface area contributed by atoms with Gasteiger partial charge in [0.1, 0.15) is 5.75 Å². The van der Waals surface area contributed by atoms with E-state index in [2.05, 4.69) is 10.0 Å². The molecule has 0 heterocycles. The molecule has 0 aliphatic heterocycles. The van der Waals surface area contributed by atoms with E-state index in [0.29, 0.717) is 24.4 Å². The first-order valence-electron chi connectivity index (χ1n) is 8.13. The number of nitrogens with one attached hydrogen (secondary N) is 2. The molecule has 2 aromatic carbocycles. The molecule has 0 spiro atoms. The molecule has 0 aliphatic rings. The van der Waals surface area contributed by atoms with E-state index in [0.717, 1.165) is 0 Å². The van der Waals surface area contributed by atoms with Gasteiger partial charge in [0.15, 0.2) is 0 Å². The van der Waals surface area contributed by atoms with Crippen molar-refractivity contribution in [3.8, 4) is 5.75 Å². The number of benzene rings is 2. The monoisotopic (exact) mass is 413 g/mol. The summed E-state index contributed by atoms with van der Waals surface area (Å²) >= 11 is 0. The van der Waals surface area contributed by atoms with E-state index in [4.69, 9.17) is 10.5 Å². The molecule has 0 saturated heterocycles. The quantitative estimate of drug-likeness (QED) is 0.615. The Morgan fingerprint density at radius 3 is 2.56 bits per heavy atom. The highest BCUT2D eigenvalue weighted by Gasteiger charge is 2.18. The fourth-order valence-electron chi connectivity index (χ4n) is 2.25. The Morgan fingerprint density at radius 2 is 1.89 bits per heavy atom. The smallest absolute Gasteiger partial charge is 0.262 e. The second-order valence-electron chi connectivity index (χ2n) is 5.86. The zero-order valence-corrected chi connectivity index (χ0v) is 16.8. The molecular weight excluding hydrogens is 390 g/mol. The molecule has 148 valence electrons. The summed E-state index contributed by atoms with van der Waals surface area (Å²) in [5.41, 5.74) is 6.23. The average Bonchev–Trinajstić information content (AvgIpc) is 2.61. The second-order valence-corrected chi connectivity index (χ2v) is 7.54. The lowest BCUT2D eigenvalue weighted by Gasteiger charge is -2.12. The summed E-state index contributed by atoms with van der Waals surface area (Å²) < 4.78 is 32.9. The maximum Gasteiger partial charge on any atom is 0.262 e. The third kappa shape index (κ3) is 6.42. The van der Waals surface area contributed by atoms with E-state index in [-0.39, 0.29) is 34.8 Å². The minimum absolute atomic E-state index is 0. The number of ether oxygens (including phenoxy) is 1. The van der Waals surface area contributed by atoms with Crippen molar-refractivity contribution >= 4 is 34.0 Å². The maximum atomic E-state index is 12.6. The molecule has 1 atom stereocenters. The van der Waals surface area contributed by atoms with Gasteiger partial charge in [0.2, 0.25) is 0 Å². The van der Waals surface area contributed by atoms with Gasteiger partial charge in [0.25, 0.3) is 15.9 Å². The van der Waals surface area contributed by atoms with Crippen molar-refractivity contribution in [3.63, 3.8) is 0 Å². The first kappa shape index (κ1) is 22.8. The van der Waals surface area contributed by atoms with Gasteiger partial charge in [-0.2, -0.15) is 0 Å². The molecule has 27 heavy (non-hydrogen) atoms. The molecule has 2 rings (SSSR count). The molecular formula is C18H24ClN3O4S. The van der Waals surface area contributed by atoms with Crippen molar-refractivity contribution in [2.45, 2.75) is 24.3 Å². The molecule has 7 nitrogen and oxygen atoms in total. The number of halogens is 1. The van der Waals surface area contributed by atoms with Gasteiger partial charge in [-0.1, -0.05) is 18.2 Å². The number of rotatable bonds is 8. The van der Waals surface area contributed by atoms with Crippen molar-refractivity contribution in [1.29, 1.82) is 0 Å². The van der Waals surface area contributed by atoms with Crippen LogP contribution < -0.4 is 20.5 Å². The standard InChI is InChI=1S/C18H23N3O4S.ClH/c1-13(19)10-11-20-18(22)14-6-5-7-15(12-14)26(23,24)21-16-8-3-4-9-17(16)25-2;/h3-9,12-13,21H,10-11,19H2,1-2H3,(H,20,22);1H. The van der Waals surface area contributed by atoms with Crippen LogP contribution in [0.15, 0.2) is 53.4 Å². The Hall–Kier alpha value is -2.29. The summed E-state index contributed by atoms with van der Waals surface area (Å²) in [5.74, 6) is 0.0564. The minimum atomic E-state index is -3.87. The van der Waals surface area contributed by atoms with Crippen LogP contribution >= 0.6 is 12.4 Å². The van der Waals surface area contributed by atoms with Crippen LogP contribution in [0.4, 0.5) is 5.69 Å². The van der Waals surface area contributed by atoms with E-state index in [1.807, 2.05) is 6.92 Å². The number of anilines is 1. The Bertz CT molecular complexity index is 872. The number of hydrogen-bond acceptors (Lipinski definition) is 5. The molecule has 9 heteroatoms. The van der Waals surface area contributed by atoms with Gasteiger partial charge in [0.05, 0.1) is 17.7 Å². The van der Waals surface area contributed by atoms with Crippen LogP contribution in [0.5, 0.6) is 5.75 Å². The van der Waals surface area contributed by atoms with Crippen LogP contribution in [0, 0.1) is 0 Å². The number of amides is 1. The van der Waals surface area contributed by atoms with Crippen molar-refractivity contribution in [2.24, 2.45) is 5.73 Å². The summed E-state index contributed by atoms with van der Waals surface area (Å²) in [6.07, 6.45) is 0.638. The third-order valence-electron chi connectivity index (χ3n) is 3.64. The normalized spacial score (nSPS) is 11.8. The van der Waals surface area contributed by atoms with E-state index in [1.165, 1.54) is 25.3 Å². The topological polar surface area (TPSA) is 111 Å². The Balaban J connectivity index is 0.00000364. The van der Waals surface area contributed by atoms with E-state index >= 15 is 0 Å². The predicted octanol–water partition coefficient (Wildman–Crippen LogP) is 2.38. The summed E-state index contributed by atoms with van der Waals surface area (Å²) in [7, 11) is -2.41. The molecule has 0 aromatic heterocycles. The van der Waals surface area contributed by atoms with Gasteiger partial charge >= 0.3 is 0 Å². The van der Waals surface area contributed by atoms with Crippen LogP contribution in [0.25, 0.3) is 0 Å². The van der Waals surface area contributed by atoms with Crippen molar-refractivity contribution in [1.82, 2.24) is 5.32 Å². The number of sulfonamides is 1. The third-order valence-corrected chi connectivity index (χ3v) is 5.01. The molecule has 0 radical (unpaired) electrons. The molecule has 2 aromatic rings. The number of carbonyl (C=O) groups excluding carboxylic acids is 1. The fraction of sp³-hybridized carbons (Fsp3) is 0.278. The van der Waals surface area contributed by atoms with E-state index in [9.17, 15) is 13.2 Å². The summed E-state index contributed by atoms with van der Waals surface area (Å²) in [6.45, 7) is 2.27. The molecule has 4 N–H and O–H groups in total. The lowest BCUT2D eigenvalue weighted by molar-refractivity contribution is 0.0952. The van der Waals surface area contributed by atoms with Gasteiger partial charge in [-0.25, -0.2) is 8.42 Å². The van der Waals surface area contributed by atoms with E-state index in [1.54, 1.807) is 30.3 Å². The van der Waals surface area contributed by atoms with Crippen molar-refractivity contribution in [2.75, 3.05) is 18.4 Å². The van der Waals surface area contributed by atoms with Crippen molar-refractivity contribution in [3.05, 3.63) is 54.1 Å². The molecule has 1 unspecified atom stereocenters. The zero-order chi connectivity index (χ0) is 19.2. The zero-order valence-electron chi connectivity index (χ0n) is 15.1. The first-order chi connectivity index (χ1) is 12.3. The summed E-state index contributed by atoms with van der Waals surface area (Å²) in [4.78, 5) is 12.2. The maximum absolute atomic E-state index is 12.6. The number of carbonyl (C=O) groups is 1. The lowest BCUT2D eigenvalue weighted by Crippen LogP contribution is -2.29. The Labute approximate surface area is 165 Å². The van der Waals surface area contributed by atoms with Gasteiger partial charge in [-0.3, -0.25) is 9.52 Å². The summed E-state index contributed by atoms with van der Waals surface area (Å²) in [5, 5.41) is 2.72. The molecule has 0 bridgehead atoms. The van der Waals surface area contributed by atoms with Crippen LogP contribution in [0.3, 0.4) is 0 Å². The van der Waals surface area contributed by atoms with E-state index < -0.39 is 10.0 Å². The highest BCUT2D eigenvalue weighted by atomic mass is 35.5. The van der Waals surface area contributed by atoms with Gasteiger partial charge in [0, 0.05) is 18.2 Å². The highest BCUT2D eigenvalue weighted by Crippen LogP contribution is 2.26. The fourth-order valence-corrected chi connectivity index (χ4v) is 3.37. The lowest BCUT2D eigenvalue weighted by atomic mass is 10.2. The van der Waals surface area contributed by atoms with Gasteiger partial charge < -0.3 is 15.8 Å².